The van der Waals surface area contributed by atoms with E-state index < -0.39 is 30.7 Å². The van der Waals surface area contributed by atoms with Crippen LogP contribution in [0.4, 0.5) is 14.7 Å². The number of rotatable bonds is 4. The normalized spacial score (nSPS) is 17.0. The van der Waals surface area contributed by atoms with Gasteiger partial charge in [0.1, 0.15) is 18.8 Å². The smallest absolute Gasteiger partial charge is 0.272 e. The van der Waals surface area contributed by atoms with Crippen molar-refractivity contribution in [3.05, 3.63) is 88.1 Å². The monoisotopic (exact) mass is 469 g/mol. The number of benzene rings is 2. The predicted octanol–water partition coefficient (Wildman–Crippen LogP) is 3.09. The van der Waals surface area contributed by atoms with Crippen LogP contribution in [-0.4, -0.2) is 45.6 Å². The van der Waals surface area contributed by atoms with E-state index in [4.69, 9.17) is 2.74 Å². The Morgan fingerprint density at radius 2 is 1.82 bits per heavy atom. The number of anilines is 1. The summed E-state index contributed by atoms with van der Waals surface area (Å²) in [4.78, 5) is 22.4. The van der Waals surface area contributed by atoms with Gasteiger partial charge in [0, 0.05) is 57.6 Å². The van der Waals surface area contributed by atoms with Gasteiger partial charge in [-0.05, 0) is 42.0 Å². The van der Waals surface area contributed by atoms with Gasteiger partial charge >= 0.3 is 0 Å². The van der Waals surface area contributed by atoms with Crippen LogP contribution in [0.3, 0.4) is 0 Å². The number of halogens is 2. The van der Waals surface area contributed by atoms with E-state index >= 15 is 0 Å². The standard InChI is InChI=1S/C23H20F2N5O2P/c24-16-3-4-17-18(14-16)22(31)29-28-20(17)12-15-2-5-19(25)21(13-15)33(32)10-8-30(9-11-33)23-26-6-1-7-27-23/h1-7,13-14H,8-12H2,(H,29,31)/i12D2. The molecule has 3 heterocycles. The van der Waals surface area contributed by atoms with E-state index in [0.717, 1.165) is 18.2 Å². The minimum Gasteiger partial charge on any atom is -0.340 e. The molecule has 1 aliphatic rings. The summed E-state index contributed by atoms with van der Waals surface area (Å²) in [5.74, 6) is -0.800. The number of nitrogens with one attached hydrogen (secondary N) is 1. The molecule has 1 N–H and O–H groups in total. The van der Waals surface area contributed by atoms with E-state index in [0.29, 0.717) is 19.0 Å². The Bertz CT molecular complexity index is 1520. The zero-order valence-corrected chi connectivity index (χ0v) is 18.2. The van der Waals surface area contributed by atoms with Crippen LogP contribution in [-0.2, 0) is 10.9 Å². The third kappa shape index (κ3) is 4.16. The lowest BCUT2D eigenvalue weighted by molar-refractivity contribution is 0.570. The molecule has 1 saturated heterocycles. The fourth-order valence-electron chi connectivity index (χ4n) is 3.96. The number of aromatic amines is 1. The van der Waals surface area contributed by atoms with Crippen molar-refractivity contribution in [2.24, 2.45) is 0 Å². The molecule has 0 amide bonds. The molecule has 7 nitrogen and oxygen atoms in total. The highest BCUT2D eigenvalue weighted by Gasteiger charge is 2.33. The largest absolute Gasteiger partial charge is 0.340 e. The van der Waals surface area contributed by atoms with Gasteiger partial charge in [0.05, 0.1) is 11.1 Å². The van der Waals surface area contributed by atoms with Crippen LogP contribution in [0.5, 0.6) is 0 Å². The van der Waals surface area contributed by atoms with Crippen molar-refractivity contribution in [2.75, 3.05) is 30.3 Å². The van der Waals surface area contributed by atoms with E-state index in [9.17, 15) is 18.1 Å². The van der Waals surface area contributed by atoms with Gasteiger partial charge < -0.3 is 9.46 Å². The van der Waals surface area contributed by atoms with Gasteiger partial charge in [0.25, 0.3) is 5.56 Å². The summed E-state index contributed by atoms with van der Waals surface area (Å²) in [7, 11) is -3.18. The zero-order valence-electron chi connectivity index (χ0n) is 19.3. The van der Waals surface area contributed by atoms with Crippen LogP contribution >= 0.6 is 7.14 Å². The quantitative estimate of drug-likeness (QED) is 0.462. The highest BCUT2D eigenvalue weighted by atomic mass is 31.2. The van der Waals surface area contributed by atoms with Crippen molar-refractivity contribution in [1.82, 2.24) is 20.2 Å². The Labute approximate surface area is 190 Å². The summed E-state index contributed by atoms with van der Waals surface area (Å²) in [5, 5.41) is 6.16. The molecule has 1 fully saturated rings. The summed E-state index contributed by atoms with van der Waals surface area (Å²) in [6.45, 7) is 0.741. The second kappa shape index (κ2) is 8.48. The van der Waals surface area contributed by atoms with Crippen molar-refractivity contribution in [3.63, 3.8) is 0 Å². The number of aromatic nitrogens is 4. The Kier molecular flexibility index (Phi) is 4.90. The summed E-state index contributed by atoms with van der Waals surface area (Å²) >= 11 is 0. The molecule has 1 aliphatic heterocycles. The fraction of sp³-hybridized carbons (Fsp3) is 0.217. The lowest BCUT2D eigenvalue weighted by Crippen LogP contribution is -2.38. The summed E-state index contributed by atoms with van der Waals surface area (Å²) in [6.07, 6.45) is 1.32. The first kappa shape index (κ1) is 19.1. The number of H-pyrrole nitrogens is 1. The molecule has 2 aromatic heterocycles. The molecule has 0 aliphatic carbocycles. The molecule has 33 heavy (non-hydrogen) atoms. The number of hydrogen-bond acceptors (Lipinski definition) is 6. The molecule has 10 heteroatoms. The highest BCUT2D eigenvalue weighted by molar-refractivity contribution is 7.71. The molecule has 168 valence electrons. The van der Waals surface area contributed by atoms with Gasteiger partial charge in [-0.1, -0.05) is 6.07 Å². The average molecular weight is 469 g/mol. The first-order valence-electron chi connectivity index (χ1n) is 11.3. The molecule has 0 spiro atoms. The van der Waals surface area contributed by atoms with Crippen molar-refractivity contribution < 1.29 is 16.1 Å². The second-order valence-corrected chi connectivity index (χ2v) is 10.9. The Morgan fingerprint density at radius 1 is 1.06 bits per heavy atom. The second-order valence-electron chi connectivity index (χ2n) is 7.75. The molecule has 0 radical (unpaired) electrons. The van der Waals surface area contributed by atoms with Gasteiger partial charge in [-0.2, -0.15) is 5.10 Å². The molecule has 2 aromatic carbocycles. The first-order valence-corrected chi connectivity index (χ1v) is 12.4. The van der Waals surface area contributed by atoms with E-state index in [2.05, 4.69) is 20.2 Å². The first-order chi connectivity index (χ1) is 16.7. The van der Waals surface area contributed by atoms with Gasteiger partial charge in [0.2, 0.25) is 5.95 Å². The molecular formula is C23H20F2N5O2P. The molecule has 0 bridgehead atoms. The molecule has 0 atom stereocenters. The van der Waals surface area contributed by atoms with Gasteiger partial charge in [-0.25, -0.2) is 23.8 Å². The lowest BCUT2D eigenvalue weighted by Gasteiger charge is -2.32. The van der Waals surface area contributed by atoms with Crippen molar-refractivity contribution in [3.8, 4) is 0 Å². The molecule has 0 unspecified atom stereocenters. The van der Waals surface area contributed by atoms with Gasteiger partial charge in [0.15, 0.2) is 0 Å². The maximum Gasteiger partial charge on any atom is 0.272 e. The predicted molar refractivity (Wildman–Crippen MR) is 123 cm³/mol. The van der Waals surface area contributed by atoms with Crippen LogP contribution in [0.25, 0.3) is 10.8 Å². The summed E-state index contributed by atoms with van der Waals surface area (Å²) in [5.41, 5.74) is -0.778. The summed E-state index contributed by atoms with van der Waals surface area (Å²) in [6, 6.07) is 8.75. The maximum atomic E-state index is 14.9. The maximum absolute atomic E-state index is 14.9. The van der Waals surface area contributed by atoms with E-state index in [1.807, 2.05) is 4.90 Å². The van der Waals surface area contributed by atoms with Gasteiger partial charge in [-0.15, -0.1) is 0 Å². The zero-order chi connectivity index (χ0) is 24.8. The number of fused-ring (bicyclic) bond motifs is 1. The minimum absolute atomic E-state index is 0.0210. The van der Waals surface area contributed by atoms with Crippen LogP contribution in [0, 0.1) is 11.6 Å². The molecule has 5 rings (SSSR count). The Hall–Kier alpha value is -3.45. The SMILES string of the molecule is [2H]C([2H])(c1ccc(F)c(P2(=O)CCN(c3ncccn3)CC2)c1)c1n[nH]c(=O)c2cc(F)ccc12. The molecule has 0 saturated carbocycles. The molecule has 4 aromatic rings. The Balaban J connectivity index is 1.51. The van der Waals surface area contributed by atoms with E-state index in [-0.39, 0.29) is 39.7 Å². The third-order valence-electron chi connectivity index (χ3n) is 5.70. The van der Waals surface area contributed by atoms with E-state index in [1.165, 1.54) is 18.2 Å². The average Bonchev–Trinajstić information content (AvgIpc) is 2.85. The topological polar surface area (TPSA) is 91.8 Å². The van der Waals surface area contributed by atoms with Crippen molar-refractivity contribution in [1.29, 1.82) is 0 Å². The van der Waals surface area contributed by atoms with Crippen LogP contribution in [0.1, 0.15) is 14.0 Å². The van der Waals surface area contributed by atoms with Crippen LogP contribution in [0.2, 0.25) is 0 Å². The fourth-order valence-corrected chi connectivity index (χ4v) is 6.63. The lowest BCUT2D eigenvalue weighted by atomic mass is 10.0. The Morgan fingerprint density at radius 3 is 2.58 bits per heavy atom. The highest BCUT2D eigenvalue weighted by Crippen LogP contribution is 2.47. The number of hydrogen-bond donors (Lipinski definition) is 1. The van der Waals surface area contributed by atoms with Crippen molar-refractivity contribution >= 4 is 29.2 Å². The summed E-state index contributed by atoms with van der Waals surface area (Å²) < 4.78 is 59.9. The van der Waals surface area contributed by atoms with Gasteiger partial charge in [-0.3, -0.25) is 4.79 Å². The van der Waals surface area contributed by atoms with Crippen LogP contribution < -0.4 is 15.8 Å². The van der Waals surface area contributed by atoms with Crippen molar-refractivity contribution in [2.45, 2.75) is 6.37 Å². The minimum atomic E-state index is -3.18. The number of nitrogens with zero attached hydrogens (tertiary/aromatic N) is 4. The molecular weight excluding hydrogens is 447 g/mol. The van der Waals surface area contributed by atoms with E-state index in [1.54, 1.807) is 18.5 Å². The van der Waals surface area contributed by atoms with Crippen LogP contribution in [0.15, 0.2) is 59.7 Å². The third-order valence-corrected chi connectivity index (χ3v) is 8.76.